The lowest BCUT2D eigenvalue weighted by molar-refractivity contribution is -0.384. The van der Waals surface area contributed by atoms with E-state index >= 15 is 0 Å². The first-order valence-corrected chi connectivity index (χ1v) is 6.41. The summed E-state index contributed by atoms with van der Waals surface area (Å²) in [6.45, 7) is 0. The number of nitro benzene ring substituents is 1. The number of anilines is 1. The van der Waals surface area contributed by atoms with Gasteiger partial charge in [-0.25, -0.2) is 4.39 Å². The largest absolute Gasteiger partial charge is 0.481 e. The number of aliphatic carboxylic acids is 1. The number of halogens is 1. The second-order valence-electron chi connectivity index (χ2n) is 4.93. The fraction of sp³-hybridized carbons (Fsp3) is 0.462. The summed E-state index contributed by atoms with van der Waals surface area (Å²) in [6, 6.07) is 3.38. The van der Waals surface area contributed by atoms with Crippen LogP contribution in [0.25, 0.3) is 0 Å². The van der Waals surface area contributed by atoms with E-state index in [2.05, 4.69) is 5.32 Å². The summed E-state index contributed by atoms with van der Waals surface area (Å²) in [5.74, 6) is -2.05. The number of para-hydroxylation sites is 1. The smallest absolute Gasteiger partial charge is 0.306 e. The van der Waals surface area contributed by atoms with Crippen molar-refractivity contribution in [2.75, 3.05) is 5.32 Å². The molecule has 1 aromatic rings. The van der Waals surface area contributed by atoms with E-state index in [-0.39, 0.29) is 17.4 Å². The van der Waals surface area contributed by atoms with Crippen LogP contribution in [0.2, 0.25) is 0 Å². The van der Waals surface area contributed by atoms with Crippen LogP contribution in [0, 0.1) is 21.8 Å². The van der Waals surface area contributed by atoms with Gasteiger partial charge in [-0.2, -0.15) is 0 Å². The molecule has 108 valence electrons. The molecule has 7 heteroatoms. The predicted molar refractivity (Wildman–Crippen MR) is 70.1 cm³/mol. The van der Waals surface area contributed by atoms with Gasteiger partial charge >= 0.3 is 5.97 Å². The van der Waals surface area contributed by atoms with E-state index in [1.165, 1.54) is 12.1 Å². The molecule has 0 heterocycles. The maximum Gasteiger partial charge on any atom is 0.306 e. The highest BCUT2D eigenvalue weighted by Gasteiger charge is 2.29. The Hall–Kier alpha value is -2.18. The first kappa shape index (κ1) is 14.2. The Morgan fingerprint density at radius 2 is 2.20 bits per heavy atom. The third kappa shape index (κ3) is 3.04. The Kier molecular flexibility index (Phi) is 4.16. The molecule has 0 amide bonds. The molecule has 0 radical (unpaired) electrons. The molecule has 2 unspecified atom stereocenters. The summed E-state index contributed by atoms with van der Waals surface area (Å²) in [4.78, 5) is 21.2. The van der Waals surface area contributed by atoms with Crippen LogP contribution in [-0.2, 0) is 4.79 Å². The van der Waals surface area contributed by atoms with Gasteiger partial charge in [0.15, 0.2) is 5.82 Å². The molecular weight excluding hydrogens is 267 g/mol. The Morgan fingerprint density at radius 1 is 1.45 bits per heavy atom. The third-order valence-electron chi connectivity index (χ3n) is 3.56. The average molecular weight is 282 g/mol. The molecule has 2 rings (SSSR count). The number of nitrogens with one attached hydrogen (secondary N) is 1. The number of carboxylic acids is 1. The van der Waals surface area contributed by atoms with E-state index in [1.54, 1.807) is 0 Å². The highest BCUT2D eigenvalue weighted by Crippen LogP contribution is 2.32. The van der Waals surface area contributed by atoms with Crippen LogP contribution in [0.1, 0.15) is 25.7 Å². The first-order valence-electron chi connectivity index (χ1n) is 6.41. The zero-order valence-electron chi connectivity index (χ0n) is 10.7. The number of hydrogen-bond acceptors (Lipinski definition) is 4. The highest BCUT2D eigenvalue weighted by atomic mass is 19.1. The van der Waals surface area contributed by atoms with Gasteiger partial charge < -0.3 is 10.4 Å². The Balaban J connectivity index is 2.17. The molecule has 1 aromatic carbocycles. The predicted octanol–water partition coefficient (Wildman–Crippen LogP) is 2.79. The van der Waals surface area contributed by atoms with Crippen molar-refractivity contribution in [3.8, 4) is 0 Å². The standard InChI is InChI=1S/C13H15FN2O4/c14-10-5-2-6-11(16(19)20)12(10)15-9-4-1-3-8(7-9)13(17)18/h2,5-6,8-9,15H,1,3-4,7H2,(H,17,18). The summed E-state index contributed by atoms with van der Waals surface area (Å²) in [6.07, 6.45) is 2.32. The second kappa shape index (κ2) is 5.85. The van der Waals surface area contributed by atoms with E-state index in [1.807, 2.05) is 0 Å². The molecule has 0 aliphatic heterocycles. The maximum atomic E-state index is 13.7. The molecule has 20 heavy (non-hydrogen) atoms. The number of benzene rings is 1. The van der Waals surface area contributed by atoms with Crippen molar-refractivity contribution in [2.24, 2.45) is 5.92 Å². The van der Waals surface area contributed by atoms with E-state index in [0.717, 1.165) is 6.07 Å². The molecule has 0 saturated heterocycles. The van der Waals surface area contributed by atoms with Crippen LogP contribution >= 0.6 is 0 Å². The minimum atomic E-state index is -0.875. The highest BCUT2D eigenvalue weighted by molar-refractivity contribution is 5.70. The molecular formula is C13H15FN2O4. The normalized spacial score (nSPS) is 22.2. The van der Waals surface area contributed by atoms with Crippen LogP contribution in [-0.4, -0.2) is 22.0 Å². The minimum Gasteiger partial charge on any atom is -0.481 e. The van der Waals surface area contributed by atoms with Gasteiger partial charge in [0.2, 0.25) is 0 Å². The summed E-state index contributed by atoms with van der Waals surface area (Å²) in [5, 5.41) is 22.7. The Morgan fingerprint density at radius 3 is 2.85 bits per heavy atom. The summed E-state index contributed by atoms with van der Waals surface area (Å²) < 4.78 is 13.7. The zero-order chi connectivity index (χ0) is 14.7. The third-order valence-corrected chi connectivity index (χ3v) is 3.56. The lowest BCUT2D eigenvalue weighted by atomic mass is 9.85. The van der Waals surface area contributed by atoms with Crippen LogP contribution in [0.3, 0.4) is 0 Å². The van der Waals surface area contributed by atoms with Crippen LogP contribution in [0.15, 0.2) is 18.2 Å². The average Bonchev–Trinajstić information content (AvgIpc) is 2.41. The molecule has 0 aromatic heterocycles. The quantitative estimate of drug-likeness (QED) is 0.654. The fourth-order valence-corrected chi connectivity index (χ4v) is 2.56. The number of nitrogens with zero attached hydrogens (tertiary/aromatic N) is 1. The van der Waals surface area contributed by atoms with Gasteiger partial charge in [0.25, 0.3) is 5.69 Å². The first-order chi connectivity index (χ1) is 9.49. The van der Waals surface area contributed by atoms with Gasteiger partial charge in [-0.1, -0.05) is 12.5 Å². The van der Waals surface area contributed by atoms with Gasteiger partial charge in [-0.15, -0.1) is 0 Å². The van der Waals surface area contributed by atoms with Gasteiger partial charge in [0.1, 0.15) is 5.69 Å². The second-order valence-corrected chi connectivity index (χ2v) is 4.93. The molecule has 2 N–H and O–H groups in total. The molecule has 0 spiro atoms. The van der Waals surface area contributed by atoms with Gasteiger partial charge in [0, 0.05) is 12.1 Å². The molecule has 1 fully saturated rings. The van der Waals surface area contributed by atoms with Crippen molar-refractivity contribution in [3.05, 3.63) is 34.1 Å². The summed E-state index contributed by atoms with van der Waals surface area (Å²) in [7, 11) is 0. The lowest BCUT2D eigenvalue weighted by Gasteiger charge is -2.28. The topological polar surface area (TPSA) is 92.5 Å². The molecule has 1 aliphatic carbocycles. The van der Waals surface area contributed by atoms with E-state index in [9.17, 15) is 19.3 Å². The molecule has 0 bridgehead atoms. The number of carbonyl (C=O) groups is 1. The van der Waals surface area contributed by atoms with Crippen molar-refractivity contribution in [1.82, 2.24) is 0 Å². The van der Waals surface area contributed by atoms with Crippen molar-refractivity contribution in [2.45, 2.75) is 31.7 Å². The summed E-state index contributed by atoms with van der Waals surface area (Å²) in [5.41, 5.74) is -0.490. The molecule has 6 nitrogen and oxygen atoms in total. The van der Waals surface area contributed by atoms with Crippen LogP contribution in [0.5, 0.6) is 0 Å². The SMILES string of the molecule is O=C(O)C1CCCC(Nc2c(F)cccc2[N+](=O)[O-])C1. The van der Waals surface area contributed by atoms with Crippen molar-refractivity contribution >= 4 is 17.3 Å². The number of carboxylic acid groups (broad SMARTS) is 1. The molecule has 1 aliphatic rings. The molecule has 2 atom stereocenters. The van der Waals surface area contributed by atoms with Crippen LogP contribution in [0.4, 0.5) is 15.8 Å². The van der Waals surface area contributed by atoms with Gasteiger partial charge in [-0.3, -0.25) is 14.9 Å². The van der Waals surface area contributed by atoms with Gasteiger partial charge in [-0.05, 0) is 25.3 Å². The monoisotopic (exact) mass is 282 g/mol. The molecule has 1 saturated carbocycles. The van der Waals surface area contributed by atoms with E-state index in [4.69, 9.17) is 5.11 Å². The van der Waals surface area contributed by atoms with Gasteiger partial charge in [0.05, 0.1) is 10.8 Å². The number of hydrogen-bond donors (Lipinski definition) is 2. The fourth-order valence-electron chi connectivity index (χ4n) is 2.56. The van der Waals surface area contributed by atoms with E-state index in [0.29, 0.717) is 25.7 Å². The maximum absolute atomic E-state index is 13.7. The Bertz CT molecular complexity index is 535. The van der Waals surface area contributed by atoms with Crippen LogP contribution < -0.4 is 5.32 Å². The lowest BCUT2D eigenvalue weighted by Crippen LogP contribution is -2.31. The zero-order valence-corrected chi connectivity index (χ0v) is 10.7. The van der Waals surface area contributed by atoms with Crippen molar-refractivity contribution < 1.29 is 19.2 Å². The Labute approximate surface area is 114 Å². The minimum absolute atomic E-state index is 0.159. The van der Waals surface area contributed by atoms with E-state index < -0.39 is 22.6 Å². The van der Waals surface area contributed by atoms with Crippen molar-refractivity contribution in [3.63, 3.8) is 0 Å². The number of nitro groups is 1. The number of rotatable bonds is 4. The van der Waals surface area contributed by atoms with Crippen molar-refractivity contribution in [1.29, 1.82) is 0 Å². The summed E-state index contributed by atoms with van der Waals surface area (Å²) >= 11 is 0.